The van der Waals surface area contributed by atoms with Crippen LogP contribution >= 0.6 is 0 Å². The van der Waals surface area contributed by atoms with Gasteiger partial charge in [0.1, 0.15) is 5.82 Å². The number of piperidine rings is 2. The highest BCUT2D eigenvalue weighted by molar-refractivity contribution is 5.43. The Hall–Kier alpha value is -1.40. The summed E-state index contributed by atoms with van der Waals surface area (Å²) in [5.41, 5.74) is 0.996. The number of aromatic nitrogens is 2. The van der Waals surface area contributed by atoms with Gasteiger partial charge in [-0.3, -0.25) is 4.90 Å². The van der Waals surface area contributed by atoms with Gasteiger partial charge in [-0.15, -0.1) is 0 Å². The number of hydrogen-bond donors (Lipinski definition) is 2. The van der Waals surface area contributed by atoms with E-state index >= 15 is 0 Å². The van der Waals surface area contributed by atoms with Crippen molar-refractivity contribution in [2.24, 2.45) is 0 Å². The Bertz CT molecular complexity index is 501. The minimum Gasteiger partial charge on any atom is -0.392 e. The predicted molar refractivity (Wildman–Crippen MR) is 88.4 cm³/mol. The van der Waals surface area contributed by atoms with Crippen molar-refractivity contribution in [3.63, 3.8) is 0 Å². The molecule has 3 rings (SSSR count). The molecule has 0 radical (unpaired) electrons. The number of β-amino-alcohol motifs (C(OH)–C–C–N with tert-alkyl or cyclic N) is 1. The molecule has 6 nitrogen and oxygen atoms in total. The third-order valence-electron chi connectivity index (χ3n) is 4.79. The lowest BCUT2D eigenvalue weighted by atomic mass is 9.99. The van der Waals surface area contributed by atoms with E-state index < -0.39 is 0 Å². The standard InChI is InChI=1S/C16H27N5O/c1-12-10-15(17-2)19-16(18-12)20-8-5-13(6-9-20)21-7-3-4-14(22)11-21/h10,13-14,22H,3-9,11H2,1-2H3,(H,17,18,19)/t14-/m0/s1. The van der Waals surface area contributed by atoms with Crippen molar-refractivity contribution in [2.45, 2.75) is 44.8 Å². The first-order valence-corrected chi connectivity index (χ1v) is 8.36. The van der Waals surface area contributed by atoms with Gasteiger partial charge in [0.05, 0.1) is 6.10 Å². The maximum absolute atomic E-state index is 9.85. The van der Waals surface area contributed by atoms with Gasteiger partial charge in [0.15, 0.2) is 0 Å². The molecule has 122 valence electrons. The molecular formula is C16H27N5O. The zero-order valence-electron chi connectivity index (χ0n) is 13.6. The molecule has 1 atom stereocenters. The van der Waals surface area contributed by atoms with Crippen LogP contribution in [0.15, 0.2) is 6.07 Å². The lowest BCUT2D eigenvalue weighted by Gasteiger charge is -2.41. The first-order chi connectivity index (χ1) is 10.7. The minimum absolute atomic E-state index is 0.134. The Morgan fingerprint density at radius 2 is 1.95 bits per heavy atom. The van der Waals surface area contributed by atoms with Crippen molar-refractivity contribution < 1.29 is 5.11 Å². The molecule has 2 fully saturated rings. The Kier molecular flexibility index (Phi) is 4.78. The van der Waals surface area contributed by atoms with E-state index in [-0.39, 0.29) is 6.10 Å². The fraction of sp³-hybridized carbons (Fsp3) is 0.750. The van der Waals surface area contributed by atoms with Gasteiger partial charge >= 0.3 is 0 Å². The molecule has 22 heavy (non-hydrogen) atoms. The summed E-state index contributed by atoms with van der Waals surface area (Å²) in [6, 6.07) is 2.56. The van der Waals surface area contributed by atoms with E-state index in [0.717, 1.165) is 69.3 Å². The van der Waals surface area contributed by atoms with Crippen LogP contribution in [0.5, 0.6) is 0 Å². The number of anilines is 2. The van der Waals surface area contributed by atoms with Crippen LogP contribution in [0.1, 0.15) is 31.4 Å². The Morgan fingerprint density at radius 3 is 2.64 bits per heavy atom. The summed E-state index contributed by atoms with van der Waals surface area (Å²) in [6.45, 7) is 5.96. The van der Waals surface area contributed by atoms with Gasteiger partial charge < -0.3 is 15.3 Å². The second-order valence-electron chi connectivity index (χ2n) is 6.45. The van der Waals surface area contributed by atoms with Gasteiger partial charge in [-0.05, 0) is 39.2 Å². The predicted octanol–water partition coefficient (Wildman–Crippen LogP) is 1.25. The number of aliphatic hydroxyl groups excluding tert-OH is 1. The second kappa shape index (κ2) is 6.79. The van der Waals surface area contributed by atoms with Crippen LogP contribution in [0.25, 0.3) is 0 Å². The summed E-state index contributed by atoms with van der Waals surface area (Å²) in [5, 5.41) is 12.9. The number of aliphatic hydroxyl groups is 1. The van der Waals surface area contributed by atoms with Crippen LogP contribution < -0.4 is 10.2 Å². The van der Waals surface area contributed by atoms with Crippen molar-refractivity contribution in [2.75, 3.05) is 43.4 Å². The highest BCUT2D eigenvalue weighted by Gasteiger charge is 2.28. The van der Waals surface area contributed by atoms with Gasteiger partial charge in [-0.2, -0.15) is 4.98 Å². The van der Waals surface area contributed by atoms with Crippen LogP contribution in [-0.4, -0.2) is 65.3 Å². The first-order valence-electron chi connectivity index (χ1n) is 8.36. The molecule has 3 heterocycles. The van der Waals surface area contributed by atoms with E-state index in [1.54, 1.807) is 0 Å². The number of nitrogens with zero attached hydrogens (tertiary/aromatic N) is 4. The van der Waals surface area contributed by atoms with Gasteiger partial charge in [0, 0.05) is 44.5 Å². The molecule has 6 heteroatoms. The van der Waals surface area contributed by atoms with Crippen LogP contribution in [0.2, 0.25) is 0 Å². The normalized spacial score (nSPS) is 24.5. The molecule has 0 saturated carbocycles. The van der Waals surface area contributed by atoms with Crippen molar-refractivity contribution in [3.8, 4) is 0 Å². The molecular weight excluding hydrogens is 278 g/mol. The van der Waals surface area contributed by atoms with E-state index in [1.165, 1.54) is 0 Å². The van der Waals surface area contributed by atoms with E-state index in [1.807, 2.05) is 20.0 Å². The molecule has 2 aliphatic rings. The molecule has 0 spiro atoms. The minimum atomic E-state index is -0.134. The van der Waals surface area contributed by atoms with Gasteiger partial charge in [-0.1, -0.05) is 0 Å². The SMILES string of the molecule is CNc1cc(C)nc(N2CCC(N3CCC[C@H](O)C3)CC2)n1. The van der Waals surface area contributed by atoms with Crippen molar-refractivity contribution >= 4 is 11.8 Å². The third kappa shape index (κ3) is 3.50. The number of likely N-dealkylation sites (tertiary alicyclic amines) is 1. The summed E-state index contributed by atoms with van der Waals surface area (Å²) >= 11 is 0. The van der Waals surface area contributed by atoms with E-state index in [4.69, 9.17) is 0 Å². The average molecular weight is 305 g/mol. The lowest BCUT2D eigenvalue weighted by Crippen LogP contribution is -2.50. The zero-order chi connectivity index (χ0) is 15.5. The van der Waals surface area contributed by atoms with Crippen molar-refractivity contribution in [1.82, 2.24) is 14.9 Å². The van der Waals surface area contributed by atoms with E-state index in [0.29, 0.717) is 6.04 Å². The summed E-state index contributed by atoms with van der Waals surface area (Å²) < 4.78 is 0. The highest BCUT2D eigenvalue weighted by Crippen LogP contribution is 2.24. The second-order valence-corrected chi connectivity index (χ2v) is 6.45. The Labute approximate surface area is 132 Å². The van der Waals surface area contributed by atoms with Crippen LogP contribution in [0.4, 0.5) is 11.8 Å². The topological polar surface area (TPSA) is 64.5 Å². The smallest absolute Gasteiger partial charge is 0.227 e. The Morgan fingerprint density at radius 1 is 1.18 bits per heavy atom. The molecule has 1 aromatic rings. The molecule has 0 bridgehead atoms. The lowest BCUT2D eigenvalue weighted by molar-refractivity contribution is 0.0397. The number of hydrogen-bond acceptors (Lipinski definition) is 6. The molecule has 0 amide bonds. The zero-order valence-corrected chi connectivity index (χ0v) is 13.6. The van der Waals surface area contributed by atoms with Gasteiger partial charge in [0.2, 0.25) is 5.95 Å². The molecule has 1 aromatic heterocycles. The summed E-state index contributed by atoms with van der Waals surface area (Å²) in [5.74, 6) is 1.71. The summed E-state index contributed by atoms with van der Waals surface area (Å²) in [7, 11) is 1.89. The number of aryl methyl sites for hydroxylation is 1. The molecule has 0 aliphatic carbocycles. The molecule has 0 aromatic carbocycles. The van der Waals surface area contributed by atoms with Crippen LogP contribution in [-0.2, 0) is 0 Å². The maximum Gasteiger partial charge on any atom is 0.227 e. The third-order valence-corrected chi connectivity index (χ3v) is 4.79. The van der Waals surface area contributed by atoms with Gasteiger partial charge in [0.25, 0.3) is 0 Å². The number of rotatable bonds is 3. The largest absolute Gasteiger partial charge is 0.392 e. The average Bonchev–Trinajstić information content (AvgIpc) is 2.54. The maximum atomic E-state index is 9.85. The van der Waals surface area contributed by atoms with E-state index in [9.17, 15) is 5.11 Å². The van der Waals surface area contributed by atoms with Crippen molar-refractivity contribution in [1.29, 1.82) is 0 Å². The molecule has 0 unspecified atom stereocenters. The van der Waals surface area contributed by atoms with Crippen molar-refractivity contribution in [3.05, 3.63) is 11.8 Å². The summed E-state index contributed by atoms with van der Waals surface area (Å²) in [4.78, 5) is 13.9. The quantitative estimate of drug-likeness (QED) is 0.876. The number of nitrogens with one attached hydrogen (secondary N) is 1. The first kappa shape index (κ1) is 15.5. The molecule has 2 aliphatic heterocycles. The summed E-state index contributed by atoms with van der Waals surface area (Å²) in [6.07, 6.45) is 4.19. The molecule has 2 saturated heterocycles. The Balaban J connectivity index is 1.60. The fourth-order valence-corrected chi connectivity index (χ4v) is 3.57. The highest BCUT2D eigenvalue weighted by atomic mass is 16.3. The van der Waals surface area contributed by atoms with E-state index in [2.05, 4.69) is 25.1 Å². The fourth-order valence-electron chi connectivity index (χ4n) is 3.57. The molecule has 2 N–H and O–H groups in total. The monoisotopic (exact) mass is 305 g/mol. The van der Waals surface area contributed by atoms with Crippen LogP contribution in [0, 0.1) is 6.92 Å². The van der Waals surface area contributed by atoms with Gasteiger partial charge in [-0.25, -0.2) is 4.98 Å². The van der Waals surface area contributed by atoms with Crippen LogP contribution in [0.3, 0.4) is 0 Å².